The molecule has 0 amide bonds. The van der Waals surface area contributed by atoms with Gasteiger partial charge in [0.05, 0.1) is 0 Å². The Labute approximate surface area is 73.4 Å². The van der Waals surface area contributed by atoms with E-state index in [0.29, 0.717) is 21.5 Å². The topological polar surface area (TPSA) is 4.36 Å². The number of rotatable bonds is 3. The zero-order valence-electron chi connectivity index (χ0n) is 6.16. The molecule has 0 saturated heterocycles. The quantitative estimate of drug-likeness (QED) is 0.403. The average molecular weight is 210 g/mol. The fourth-order valence-corrected chi connectivity index (χ4v) is 2.34. The fraction of sp³-hybridized carbons (Fsp3) is 0.222. The summed E-state index contributed by atoms with van der Waals surface area (Å²) in [5, 5.41) is 1.04. The van der Waals surface area contributed by atoms with E-state index >= 15 is 0 Å². The van der Waals surface area contributed by atoms with Crippen LogP contribution in [0.4, 0.5) is 0 Å². The van der Waals surface area contributed by atoms with Gasteiger partial charge in [0, 0.05) is 0 Å². The van der Waals surface area contributed by atoms with E-state index in [9.17, 15) is 0 Å². The Morgan fingerprint density at radius 3 is 2.64 bits per heavy atom. The summed E-state index contributed by atoms with van der Waals surface area (Å²) in [6.07, 6.45) is 0. The summed E-state index contributed by atoms with van der Waals surface area (Å²) in [7, 11) is 0. The number of hydrogen-bond donors (Lipinski definition) is 0. The maximum atomic E-state index is 6.60. The van der Waals surface area contributed by atoms with Gasteiger partial charge in [-0.05, 0) is 0 Å². The summed E-state index contributed by atoms with van der Waals surface area (Å²) in [5.74, 6) is 0. The van der Waals surface area contributed by atoms with E-state index < -0.39 is 0 Å². The van der Waals surface area contributed by atoms with Crippen LogP contribution in [0.5, 0.6) is 0 Å². The van der Waals surface area contributed by atoms with E-state index in [1.807, 2.05) is 6.07 Å². The molecular formula is C9H9NSe. The second-order valence-corrected chi connectivity index (χ2v) is 4.49. The molecule has 0 heterocycles. The van der Waals surface area contributed by atoms with E-state index in [1.165, 1.54) is 4.46 Å². The van der Waals surface area contributed by atoms with Crippen molar-refractivity contribution in [2.75, 3.05) is 6.54 Å². The molecule has 0 N–H and O–H groups in total. The van der Waals surface area contributed by atoms with Crippen molar-refractivity contribution >= 4 is 19.4 Å². The van der Waals surface area contributed by atoms with Crippen LogP contribution in [0.2, 0.25) is 5.32 Å². The molecule has 1 aromatic rings. The van der Waals surface area contributed by atoms with Crippen molar-refractivity contribution in [3.8, 4) is 0 Å². The Hall–Kier alpha value is -0.771. The molecule has 1 nitrogen and oxygen atoms in total. The first-order valence-electron chi connectivity index (χ1n) is 3.44. The summed E-state index contributed by atoms with van der Waals surface area (Å²) in [6.45, 7) is 7.28. The standard InChI is InChI=1S/C9H9NSe/c1-10-7-8-11-9-5-3-2-4-6-9/h2-6H,7-8H2. The predicted octanol–water partition coefficient (Wildman–Crippen LogP) is 1.35. The van der Waals surface area contributed by atoms with Crippen LogP contribution >= 0.6 is 0 Å². The molecule has 0 aliphatic rings. The van der Waals surface area contributed by atoms with Gasteiger partial charge in [0.25, 0.3) is 0 Å². The zero-order chi connectivity index (χ0) is 7.94. The van der Waals surface area contributed by atoms with Gasteiger partial charge in [-0.15, -0.1) is 0 Å². The van der Waals surface area contributed by atoms with E-state index in [4.69, 9.17) is 6.57 Å². The number of hydrogen-bond acceptors (Lipinski definition) is 0. The van der Waals surface area contributed by atoms with Gasteiger partial charge < -0.3 is 0 Å². The minimum atomic E-state index is 0.506. The third kappa shape index (κ3) is 3.23. The van der Waals surface area contributed by atoms with E-state index in [1.54, 1.807) is 0 Å². The van der Waals surface area contributed by atoms with Crippen LogP contribution < -0.4 is 4.46 Å². The Bertz CT molecular complexity index is 237. The summed E-state index contributed by atoms with van der Waals surface area (Å²) >= 11 is 0.506. The molecule has 11 heavy (non-hydrogen) atoms. The maximum absolute atomic E-state index is 6.60. The molecular weight excluding hydrogens is 201 g/mol. The van der Waals surface area contributed by atoms with Gasteiger partial charge in [0.1, 0.15) is 0 Å². The zero-order valence-corrected chi connectivity index (χ0v) is 7.87. The minimum absolute atomic E-state index is 0.506. The second-order valence-electron chi connectivity index (χ2n) is 2.04. The van der Waals surface area contributed by atoms with Crippen molar-refractivity contribution < 1.29 is 0 Å². The van der Waals surface area contributed by atoms with Crippen molar-refractivity contribution in [1.82, 2.24) is 0 Å². The molecule has 0 aliphatic heterocycles. The third-order valence-electron chi connectivity index (χ3n) is 1.22. The normalized spacial score (nSPS) is 9.00. The molecule has 0 aromatic heterocycles. The van der Waals surface area contributed by atoms with Crippen LogP contribution in [0.1, 0.15) is 0 Å². The first kappa shape index (κ1) is 8.33. The van der Waals surface area contributed by atoms with Gasteiger partial charge in [-0.3, -0.25) is 0 Å². The molecule has 1 aromatic carbocycles. The van der Waals surface area contributed by atoms with Crippen LogP contribution in [0.15, 0.2) is 30.3 Å². The van der Waals surface area contributed by atoms with Crippen molar-refractivity contribution in [2.45, 2.75) is 5.32 Å². The monoisotopic (exact) mass is 211 g/mol. The molecule has 0 atom stereocenters. The van der Waals surface area contributed by atoms with Crippen LogP contribution in [-0.2, 0) is 0 Å². The molecule has 0 unspecified atom stereocenters. The molecule has 0 saturated carbocycles. The van der Waals surface area contributed by atoms with Gasteiger partial charge >= 0.3 is 73.0 Å². The Morgan fingerprint density at radius 2 is 2.00 bits per heavy atom. The van der Waals surface area contributed by atoms with Crippen LogP contribution in [-0.4, -0.2) is 21.5 Å². The van der Waals surface area contributed by atoms with Gasteiger partial charge in [0.15, 0.2) is 0 Å². The molecule has 0 aliphatic carbocycles. The van der Waals surface area contributed by atoms with Crippen molar-refractivity contribution in [2.24, 2.45) is 0 Å². The molecule has 0 spiro atoms. The van der Waals surface area contributed by atoms with Crippen molar-refractivity contribution in [3.63, 3.8) is 0 Å². The average Bonchev–Trinajstić information content (AvgIpc) is 2.07. The van der Waals surface area contributed by atoms with E-state index in [2.05, 4.69) is 29.1 Å². The second kappa shape index (κ2) is 4.96. The molecule has 0 bridgehead atoms. The summed E-state index contributed by atoms with van der Waals surface area (Å²) in [5.41, 5.74) is 0. The van der Waals surface area contributed by atoms with Crippen LogP contribution in [0.3, 0.4) is 0 Å². The van der Waals surface area contributed by atoms with Gasteiger partial charge in [-0.25, -0.2) is 0 Å². The summed E-state index contributed by atoms with van der Waals surface area (Å²) in [6, 6.07) is 10.4. The molecule has 2 heteroatoms. The first-order chi connectivity index (χ1) is 5.43. The van der Waals surface area contributed by atoms with E-state index in [-0.39, 0.29) is 0 Å². The Balaban J connectivity index is 2.35. The SMILES string of the molecule is [C-]#[N+]CC[Se]c1ccccc1. The Kier molecular flexibility index (Phi) is 3.75. The van der Waals surface area contributed by atoms with Gasteiger partial charge in [-0.1, -0.05) is 0 Å². The van der Waals surface area contributed by atoms with Crippen LogP contribution in [0.25, 0.3) is 4.85 Å². The van der Waals surface area contributed by atoms with E-state index in [0.717, 1.165) is 5.32 Å². The molecule has 0 fully saturated rings. The molecule has 56 valence electrons. The number of nitrogens with zero attached hydrogens (tertiary/aromatic N) is 1. The summed E-state index contributed by atoms with van der Waals surface area (Å²) in [4.78, 5) is 3.32. The summed E-state index contributed by atoms with van der Waals surface area (Å²) < 4.78 is 1.39. The first-order valence-corrected chi connectivity index (χ1v) is 5.51. The fourth-order valence-electron chi connectivity index (χ4n) is 0.726. The molecule has 0 radical (unpaired) electrons. The number of benzene rings is 1. The van der Waals surface area contributed by atoms with Gasteiger partial charge in [-0.2, -0.15) is 0 Å². The van der Waals surface area contributed by atoms with Crippen molar-refractivity contribution in [3.05, 3.63) is 41.7 Å². The van der Waals surface area contributed by atoms with Crippen LogP contribution in [0, 0.1) is 6.57 Å². The molecule has 1 rings (SSSR count). The Morgan fingerprint density at radius 1 is 1.27 bits per heavy atom. The predicted molar refractivity (Wildman–Crippen MR) is 48.1 cm³/mol. The third-order valence-corrected chi connectivity index (χ3v) is 3.30. The van der Waals surface area contributed by atoms with Crippen molar-refractivity contribution in [1.29, 1.82) is 0 Å². The van der Waals surface area contributed by atoms with Gasteiger partial charge in [0.2, 0.25) is 0 Å².